The van der Waals surface area contributed by atoms with Crippen LogP contribution in [0, 0.1) is 0 Å². The van der Waals surface area contributed by atoms with Crippen LogP contribution in [0.1, 0.15) is 5.56 Å². The molecule has 1 fully saturated rings. The Morgan fingerprint density at radius 3 is 2.62 bits per heavy atom. The van der Waals surface area contributed by atoms with E-state index in [1.807, 2.05) is 30.3 Å². The van der Waals surface area contributed by atoms with Crippen molar-refractivity contribution in [3.05, 3.63) is 64.1 Å². The van der Waals surface area contributed by atoms with Gasteiger partial charge in [-0.3, -0.25) is 14.7 Å². The maximum Gasteiger partial charge on any atom is 0.260 e. The molecule has 29 heavy (non-hydrogen) atoms. The van der Waals surface area contributed by atoms with E-state index in [2.05, 4.69) is 10.3 Å². The van der Waals surface area contributed by atoms with E-state index in [9.17, 15) is 4.79 Å². The molecule has 2 aromatic rings. The third kappa shape index (κ3) is 4.73. The molecule has 0 bridgehead atoms. The fraction of sp³-hybridized carbons (Fsp3) is 0.333. The van der Waals surface area contributed by atoms with Crippen LogP contribution in [0.25, 0.3) is 0 Å². The summed E-state index contributed by atoms with van der Waals surface area (Å²) in [6.07, 6.45) is -0.155. The second kappa shape index (κ2) is 9.13. The molecule has 1 N–H and O–H groups in total. The Balaban J connectivity index is 1.42. The summed E-state index contributed by atoms with van der Waals surface area (Å²) >= 11 is 12.5. The van der Waals surface area contributed by atoms with Crippen molar-refractivity contribution in [2.75, 3.05) is 31.6 Å². The van der Waals surface area contributed by atoms with Crippen LogP contribution in [-0.4, -0.2) is 55.3 Å². The minimum atomic E-state index is -0.677. The average Bonchev–Trinajstić information content (AvgIpc) is 3.19. The van der Waals surface area contributed by atoms with Crippen molar-refractivity contribution in [2.45, 2.75) is 18.6 Å². The number of anilines is 1. The van der Waals surface area contributed by atoms with Crippen molar-refractivity contribution in [3.63, 3.8) is 0 Å². The lowest BCUT2D eigenvalue weighted by Gasteiger charge is -2.32. The summed E-state index contributed by atoms with van der Waals surface area (Å²) in [5, 5.41) is 4.01. The summed E-state index contributed by atoms with van der Waals surface area (Å²) in [6, 6.07) is 15.2. The molecule has 0 spiro atoms. The summed E-state index contributed by atoms with van der Waals surface area (Å²) in [7, 11) is 0. The standard InChI is InChI=1S/C21H21Cl2N3O3/c22-16-7-4-8-17(23)19(16)25-21-24-9-10-26(21)20(27)18-13-28-12-15(29-18)11-14-5-2-1-3-6-14/h1-8,15,18H,9-13H2,(H,24,25). The van der Waals surface area contributed by atoms with E-state index in [1.54, 1.807) is 23.1 Å². The van der Waals surface area contributed by atoms with Crippen molar-refractivity contribution >= 4 is 40.8 Å². The lowest BCUT2D eigenvalue weighted by molar-refractivity contribution is -0.168. The number of guanidine groups is 1. The highest BCUT2D eigenvalue weighted by Crippen LogP contribution is 2.30. The van der Waals surface area contributed by atoms with Crippen molar-refractivity contribution in [1.82, 2.24) is 4.90 Å². The lowest BCUT2D eigenvalue weighted by atomic mass is 10.1. The predicted molar refractivity (Wildman–Crippen MR) is 114 cm³/mol. The van der Waals surface area contributed by atoms with Gasteiger partial charge in [0.25, 0.3) is 5.91 Å². The van der Waals surface area contributed by atoms with Gasteiger partial charge in [-0.2, -0.15) is 0 Å². The first kappa shape index (κ1) is 20.2. The van der Waals surface area contributed by atoms with E-state index in [-0.39, 0.29) is 18.6 Å². The topological polar surface area (TPSA) is 63.2 Å². The number of nitrogens with zero attached hydrogens (tertiary/aromatic N) is 2. The number of rotatable bonds is 4. The summed E-state index contributed by atoms with van der Waals surface area (Å²) in [5.74, 6) is 0.230. The zero-order valence-corrected chi connectivity index (χ0v) is 17.2. The first-order valence-electron chi connectivity index (χ1n) is 9.46. The largest absolute Gasteiger partial charge is 0.375 e. The fourth-order valence-corrected chi connectivity index (χ4v) is 3.89. The molecule has 0 aliphatic carbocycles. The molecule has 0 aromatic heterocycles. The zero-order chi connectivity index (χ0) is 20.2. The highest BCUT2D eigenvalue weighted by atomic mass is 35.5. The molecular weight excluding hydrogens is 413 g/mol. The van der Waals surface area contributed by atoms with Gasteiger partial charge in [0, 0.05) is 13.0 Å². The molecule has 4 rings (SSSR count). The van der Waals surface area contributed by atoms with Crippen molar-refractivity contribution in [3.8, 4) is 0 Å². The minimum Gasteiger partial charge on any atom is -0.375 e. The maximum atomic E-state index is 13.1. The third-order valence-corrected chi connectivity index (χ3v) is 5.45. The van der Waals surface area contributed by atoms with Crippen molar-refractivity contribution < 1.29 is 14.3 Å². The molecular formula is C21H21Cl2N3O3. The van der Waals surface area contributed by atoms with Crippen LogP contribution >= 0.6 is 23.2 Å². The van der Waals surface area contributed by atoms with Crippen molar-refractivity contribution in [2.24, 2.45) is 4.99 Å². The SMILES string of the molecule is O=C(C1COCC(Cc2ccccc2)O1)N1CCN=C1Nc1c(Cl)cccc1Cl. The molecule has 8 heteroatoms. The third-order valence-electron chi connectivity index (χ3n) is 4.82. The molecule has 2 aliphatic rings. The second-order valence-electron chi connectivity index (χ2n) is 6.89. The molecule has 2 unspecified atom stereocenters. The van der Waals surface area contributed by atoms with Crippen LogP contribution in [0.3, 0.4) is 0 Å². The van der Waals surface area contributed by atoms with Crippen LogP contribution in [0.4, 0.5) is 5.69 Å². The Labute approximate surface area is 179 Å². The number of ether oxygens (including phenoxy) is 2. The van der Waals surface area contributed by atoms with Crippen LogP contribution in [0.2, 0.25) is 10.0 Å². The summed E-state index contributed by atoms with van der Waals surface area (Å²) in [6.45, 7) is 1.65. The number of hydrogen-bond acceptors (Lipinski definition) is 5. The Morgan fingerprint density at radius 2 is 1.86 bits per heavy atom. The fourth-order valence-electron chi connectivity index (χ4n) is 3.40. The highest BCUT2D eigenvalue weighted by molar-refractivity contribution is 6.39. The molecule has 152 valence electrons. The molecule has 0 radical (unpaired) electrons. The first-order chi connectivity index (χ1) is 14.1. The van der Waals surface area contributed by atoms with E-state index in [0.717, 1.165) is 5.56 Å². The van der Waals surface area contributed by atoms with Gasteiger partial charge in [0.15, 0.2) is 6.10 Å². The number of nitrogens with one attached hydrogen (secondary N) is 1. The quantitative estimate of drug-likeness (QED) is 0.799. The maximum absolute atomic E-state index is 13.1. The summed E-state index contributed by atoms with van der Waals surface area (Å²) < 4.78 is 11.7. The van der Waals surface area contributed by atoms with E-state index < -0.39 is 6.10 Å². The number of aliphatic imine (C=N–C) groups is 1. The second-order valence-corrected chi connectivity index (χ2v) is 7.71. The number of hydrogen-bond donors (Lipinski definition) is 1. The van der Waals surface area contributed by atoms with Gasteiger partial charge < -0.3 is 14.8 Å². The zero-order valence-electron chi connectivity index (χ0n) is 15.7. The van der Waals surface area contributed by atoms with Gasteiger partial charge in [-0.1, -0.05) is 59.6 Å². The average molecular weight is 434 g/mol. The molecule has 2 aliphatic heterocycles. The smallest absolute Gasteiger partial charge is 0.260 e. The van der Waals surface area contributed by atoms with E-state index in [1.165, 1.54) is 0 Å². The van der Waals surface area contributed by atoms with Crippen LogP contribution < -0.4 is 5.32 Å². The number of benzene rings is 2. The Bertz CT molecular complexity index is 887. The molecule has 2 heterocycles. The minimum absolute atomic E-state index is 0.172. The molecule has 0 saturated carbocycles. The normalized spacial score (nSPS) is 21.7. The van der Waals surface area contributed by atoms with Crippen LogP contribution in [0.15, 0.2) is 53.5 Å². The van der Waals surface area contributed by atoms with Gasteiger partial charge in [-0.15, -0.1) is 0 Å². The van der Waals surface area contributed by atoms with E-state index >= 15 is 0 Å². The van der Waals surface area contributed by atoms with Gasteiger partial charge in [0.05, 0.1) is 41.6 Å². The van der Waals surface area contributed by atoms with Crippen LogP contribution in [-0.2, 0) is 20.7 Å². The Kier molecular flexibility index (Phi) is 6.35. The lowest BCUT2D eigenvalue weighted by Crippen LogP contribution is -2.50. The predicted octanol–water partition coefficient (Wildman–Crippen LogP) is 3.63. The van der Waals surface area contributed by atoms with Gasteiger partial charge in [-0.05, 0) is 17.7 Å². The van der Waals surface area contributed by atoms with Gasteiger partial charge >= 0.3 is 0 Å². The van der Waals surface area contributed by atoms with Crippen molar-refractivity contribution in [1.29, 1.82) is 0 Å². The summed E-state index contributed by atoms with van der Waals surface area (Å²) in [5.41, 5.74) is 1.67. The van der Waals surface area contributed by atoms with Crippen LogP contribution in [0.5, 0.6) is 0 Å². The molecule has 2 atom stereocenters. The number of amides is 1. The highest BCUT2D eigenvalue weighted by Gasteiger charge is 2.35. The molecule has 2 aromatic carbocycles. The first-order valence-corrected chi connectivity index (χ1v) is 10.2. The molecule has 1 saturated heterocycles. The molecule has 6 nitrogen and oxygen atoms in total. The van der Waals surface area contributed by atoms with E-state index in [0.29, 0.717) is 47.8 Å². The number of para-hydroxylation sites is 1. The Morgan fingerprint density at radius 1 is 1.10 bits per heavy atom. The monoisotopic (exact) mass is 433 g/mol. The van der Waals surface area contributed by atoms with Gasteiger partial charge in [-0.25, -0.2) is 0 Å². The number of carbonyl (C=O) groups excluding carboxylic acids is 1. The molecule has 1 amide bonds. The summed E-state index contributed by atoms with van der Waals surface area (Å²) in [4.78, 5) is 19.1. The number of carbonyl (C=O) groups is 1. The number of halogens is 2. The Hall–Kier alpha value is -2.12. The van der Waals surface area contributed by atoms with E-state index in [4.69, 9.17) is 32.7 Å². The van der Waals surface area contributed by atoms with Gasteiger partial charge in [0.1, 0.15) is 0 Å². The van der Waals surface area contributed by atoms with Gasteiger partial charge in [0.2, 0.25) is 5.96 Å².